The Hall–Kier alpha value is -3.16. The zero-order chi connectivity index (χ0) is 22.3. The van der Waals surface area contributed by atoms with Crippen LogP contribution in [0.15, 0.2) is 77.3 Å². The molecule has 1 N–H and O–H groups in total. The van der Waals surface area contributed by atoms with E-state index in [4.69, 9.17) is 9.47 Å². The molecular formula is C25H23BrN2O4. The molecule has 0 saturated heterocycles. The first-order valence-corrected chi connectivity index (χ1v) is 11.1. The Morgan fingerprint density at radius 1 is 1.00 bits per heavy atom. The van der Waals surface area contributed by atoms with E-state index in [1.807, 2.05) is 60.7 Å². The Morgan fingerprint density at radius 3 is 2.56 bits per heavy atom. The van der Waals surface area contributed by atoms with Crippen molar-refractivity contribution in [1.29, 1.82) is 0 Å². The molecule has 0 aliphatic carbocycles. The Bertz CT molecular complexity index is 1100. The Balaban J connectivity index is 1.34. The van der Waals surface area contributed by atoms with Crippen LogP contribution in [0.1, 0.15) is 16.7 Å². The lowest BCUT2D eigenvalue weighted by atomic mass is 10.1. The van der Waals surface area contributed by atoms with Crippen LogP contribution in [0.25, 0.3) is 0 Å². The lowest BCUT2D eigenvalue weighted by Crippen LogP contribution is -2.45. The number of rotatable bonds is 8. The van der Waals surface area contributed by atoms with Gasteiger partial charge in [0.2, 0.25) is 5.91 Å². The first-order valence-electron chi connectivity index (χ1n) is 10.3. The minimum Gasteiger partial charge on any atom is -0.482 e. The molecule has 0 bridgehead atoms. The smallest absolute Gasteiger partial charge is 0.265 e. The van der Waals surface area contributed by atoms with E-state index in [0.717, 1.165) is 21.2 Å². The number of hydrogen-bond acceptors (Lipinski definition) is 4. The maximum Gasteiger partial charge on any atom is 0.265 e. The molecule has 0 unspecified atom stereocenters. The summed E-state index contributed by atoms with van der Waals surface area (Å²) in [4.78, 5) is 26.4. The molecule has 0 spiro atoms. The molecule has 1 heterocycles. The second-order valence-corrected chi connectivity index (χ2v) is 8.32. The highest BCUT2D eigenvalue weighted by molar-refractivity contribution is 9.10. The van der Waals surface area contributed by atoms with E-state index in [1.54, 1.807) is 12.1 Å². The Morgan fingerprint density at radius 2 is 1.75 bits per heavy atom. The third kappa shape index (κ3) is 5.55. The summed E-state index contributed by atoms with van der Waals surface area (Å²) >= 11 is 3.39. The van der Waals surface area contributed by atoms with Gasteiger partial charge >= 0.3 is 0 Å². The van der Waals surface area contributed by atoms with Gasteiger partial charge in [0.1, 0.15) is 12.3 Å². The number of halogens is 1. The molecule has 3 aromatic rings. The fourth-order valence-corrected chi connectivity index (χ4v) is 3.81. The summed E-state index contributed by atoms with van der Waals surface area (Å²) in [6.45, 7) is 1.18. The molecule has 0 atom stereocenters. The number of benzene rings is 3. The molecule has 0 fully saturated rings. The molecule has 164 valence electrons. The number of nitrogens with one attached hydrogen (secondary N) is 1. The van der Waals surface area contributed by atoms with Gasteiger partial charge in [0, 0.05) is 11.0 Å². The van der Waals surface area contributed by atoms with Crippen LogP contribution in [-0.4, -0.2) is 25.0 Å². The first kappa shape index (κ1) is 22.0. The van der Waals surface area contributed by atoms with Crippen molar-refractivity contribution in [3.05, 3.63) is 94.0 Å². The Labute approximate surface area is 195 Å². The lowest BCUT2D eigenvalue weighted by Gasteiger charge is -2.29. The van der Waals surface area contributed by atoms with E-state index < -0.39 is 0 Å². The molecule has 32 heavy (non-hydrogen) atoms. The van der Waals surface area contributed by atoms with E-state index in [9.17, 15) is 9.59 Å². The molecule has 3 aromatic carbocycles. The van der Waals surface area contributed by atoms with Crippen molar-refractivity contribution in [3.8, 4) is 5.75 Å². The normalized spacial score (nSPS) is 12.8. The average Bonchev–Trinajstić information content (AvgIpc) is 2.81. The maximum absolute atomic E-state index is 12.6. The van der Waals surface area contributed by atoms with Crippen LogP contribution in [-0.2, 0) is 34.1 Å². The van der Waals surface area contributed by atoms with Gasteiger partial charge in [-0.05, 0) is 34.9 Å². The second-order valence-electron chi connectivity index (χ2n) is 7.40. The van der Waals surface area contributed by atoms with E-state index in [-0.39, 0.29) is 25.0 Å². The van der Waals surface area contributed by atoms with E-state index in [2.05, 4.69) is 21.2 Å². The SMILES string of the molecule is O=C(CN1C(=O)COc2cc(Br)ccc21)NCc1ccccc1COCc1ccccc1. The lowest BCUT2D eigenvalue weighted by molar-refractivity contribution is -0.125. The van der Waals surface area contributed by atoms with Gasteiger partial charge in [-0.1, -0.05) is 70.5 Å². The predicted octanol–water partition coefficient (Wildman–Crippen LogP) is 4.21. The zero-order valence-electron chi connectivity index (χ0n) is 17.4. The van der Waals surface area contributed by atoms with Crippen molar-refractivity contribution >= 4 is 33.4 Å². The molecule has 6 nitrogen and oxygen atoms in total. The molecule has 2 amide bonds. The number of ether oxygens (including phenoxy) is 2. The van der Waals surface area contributed by atoms with Gasteiger partial charge in [0.05, 0.1) is 18.9 Å². The monoisotopic (exact) mass is 494 g/mol. The molecular weight excluding hydrogens is 472 g/mol. The Kier molecular flexibility index (Phi) is 7.19. The van der Waals surface area contributed by atoms with E-state index in [0.29, 0.717) is 31.2 Å². The van der Waals surface area contributed by atoms with Gasteiger partial charge in [0.25, 0.3) is 5.91 Å². The van der Waals surface area contributed by atoms with Crippen molar-refractivity contribution in [2.24, 2.45) is 0 Å². The van der Waals surface area contributed by atoms with Crippen molar-refractivity contribution in [3.63, 3.8) is 0 Å². The third-order valence-corrected chi connectivity index (χ3v) is 5.62. The van der Waals surface area contributed by atoms with Crippen LogP contribution in [0.4, 0.5) is 5.69 Å². The highest BCUT2D eigenvalue weighted by Crippen LogP contribution is 2.34. The van der Waals surface area contributed by atoms with Crippen molar-refractivity contribution in [2.75, 3.05) is 18.1 Å². The molecule has 1 aliphatic heterocycles. The number of nitrogens with zero attached hydrogens (tertiary/aromatic N) is 1. The number of hydrogen-bond donors (Lipinski definition) is 1. The van der Waals surface area contributed by atoms with Gasteiger partial charge in [-0.3, -0.25) is 14.5 Å². The van der Waals surface area contributed by atoms with Crippen molar-refractivity contribution in [2.45, 2.75) is 19.8 Å². The molecule has 0 aromatic heterocycles. The van der Waals surface area contributed by atoms with Gasteiger partial charge in [-0.15, -0.1) is 0 Å². The van der Waals surface area contributed by atoms with E-state index >= 15 is 0 Å². The topological polar surface area (TPSA) is 67.9 Å². The summed E-state index contributed by atoms with van der Waals surface area (Å²) in [5.41, 5.74) is 3.70. The average molecular weight is 495 g/mol. The van der Waals surface area contributed by atoms with Crippen LogP contribution >= 0.6 is 15.9 Å². The molecule has 0 saturated carbocycles. The predicted molar refractivity (Wildman–Crippen MR) is 125 cm³/mol. The highest BCUT2D eigenvalue weighted by Gasteiger charge is 2.27. The van der Waals surface area contributed by atoms with Gasteiger partial charge in [-0.2, -0.15) is 0 Å². The third-order valence-electron chi connectivity index (χ3n) is 5.13. The largest absolute Gasteiger partial charge is 0.482 e. The van der Waals surface area contributed by atoms with Crippen LogP contribution < -0.4 is 15.0 Å². The van der Waals surface area contributed by atoms with Crippen LogP contribution in [0, 0.1) is 0 Å². The highest BCUT2D eigenvalue weighted by atomic mass is 79.9. The summed E-state index contributed by atoms with van der Waals surface area (Å²) < 4.78 is 12.2. The summed E-state index contributed by atoms with van der Waals surface area (Å²) in [5, 5.41) is 2.92. The van der Waals surface area contributed by atoms with Crippen molar-refractivity contribution < 1.29 is 19.1 Å². The zero-order valence-corrected chi connectivity index (χ0v) is 19.0. The molecule has 0 radical (unpaired) electrons. The number of carbonyl (C=O) groups is 2. The number of amides is 2. The summed E-state index contributed by atoms with van der Waals surface area (Å²) in [6.07, 6.45) is 0. The molecule has 4 rings (SSSR count). The fourth-order valence-electron chi connectivity index (χ4n) is 3.47. The first-order chi connectivity index (χ1) is 15.6. The quantitative estimate of drug-likeness (QED) is 0.509. The van der Waals surface area contributed by atoms with Gasteiger partial charge in [-0.25, -0.2) is 0 Å². The fraction of sp³-hybridized carbons (Fsp3) is 0.200. The second kappa shape index (κ2) is 10.4. The van der Waals surface area contributed by atoms with Crippen LogP contribution in [0.5, 0.6) is 5.75 Å². The van der Waals surface area contributed by atoms with Crippen molar-refractivity contribution in [1.82, 2.24) is 5.32 Å². The van der Waals surface area contributed by atoms with E-state index in [1.165, 1.54) is 4.90 Å². The summed E-state index contributed by atoms with van der Waals surface area (Å²) in [6, 6.07) is 23.2. The van der Waals surface area contributed by atoms with Gasteiger partial charge in [0.15, 0.2) is 6.61 Å². The minimum absolute atomic E-state index is 0.0660. The summed E-state index contributed by atoms with van der Waals surface area (Å²) in [7, 11) is 0. The summed E-state index contributed by atoms with van der Waals surface area (Å²) in [5.74, 6) is 0.0893. The number of anilines is 1. The molecule has 1 aliphatic rings. The van der Waals surface area contributed by atoms with Gasteiger partial charge < -0.3 is 14.8 Å². The number of carbonyl (C=O) groups excluding carboxylic acids is 2. The standard InChI is InChI=1S/C25H23BrN2O4/c26-21-10-11-22-23(12-21)32-17-25(30)28(22)14-24(29)27-13-19-8-4-5-9-20(19)16-31-15-18-6-2-1-3-7-18/h1-12H,13-17H2,(H,27,29). The maximum atomic E-state index is 12.6. The number of fused-ring (bicyclic) bond motifs is 1. The minimum atomic E-state index is -0.246. The van der Waals surface area contributed by atoms with Crippen LogP contribution in [0.3, 0.4) is 0 Å². The molecule has 7 heteroatoms. The van der Waals surface area contributed by atoms with Crippen LogP contribution in [0.2, 0.25) is 0 Å².